The van der Waals surface area contributed by atoms with Gasteiger partial charge in [0.05, 0.1) is 33.6 Å². The van der Waals surface area contributed by atoms with Gasteiger partial charge in [0.25, 0.3) is 0 Å². The second kappa shape index (κ2) is 11.7. The van der Waals surface area contributed by atoms with Crippen LogP contribution in [0.15, 0.2) is 170 Å². The molecule has 4 nitrogen and oxygen atoms in total. The van der Waals surface area contributed by atoms with E-state index in [4.69, 9.17) is 19.9 Å². The molecule has 4 heteroatoms. The zero-order valence-corrected chi connectivity index (χ0v) is 26.0. The van der Waals surface area contributed by atoms with E-state index in [1.807, 2.05) is 36.4 Å². The van der Waals surface area contributed by atoms with E-state index in [0.717, 1.165) is 83.2 Å². The lowest BCUT2D eigenvalue weighted by Gasteiger charge is -2.12. The van der Waals surface area contributed by atoms with E-state index in [1.54, 1.807) is 0 Å². The van der Waals surface area contributed by atoms with Crippen LogP contribution in [0.5, 0.6) is 0 Å². The number of hydrogen-bond acceptors (Lipinski definition) is 4. The second-order valence-corrected chi connectivity index (χ2v) is 11.9. The maximum atomic E-state index is 5.21. The monoisotopic (exact) mass is 612 g/mol. The molecule has 0 saturated carbocycles. The van der Waals surface area contributed by atoms with Crippen molar-refractivity contribution >= 4 is 32.7 Å². The Kier molecular flexibility index (Phi) is 6.76. The first-order chi connectivity index (χ1) is 23.8. The van der Waals surface area contributed by atoms with Gasteiger partial charge in [-0.1, -0.05) is 140 Å². The summed E-state index contributed by atoms with van der Waals surface area (Å²) in [4.78, 5) is 20.5. The highest BCUT2D eigenvalue weighted by molar-refractivity contribution is 6.04. The smallest absolute Gasteiger partial charge is 0.160 e. The van der Waals surface area contributed by atoms with Crippen LogP contribution >= 0.6 is 0 Å². The zero-order valence-electron chi connectivity index (χ0n) is 26.0. The van der Waals surface area contributed by atoms with Crippen LogP contribution in [-0.2, 0) is 0 Å². The molecule has 0 amide bonds. The Morgan fingerprint density at radius 3 is 1.56 bits per heavy atom. The van der Waals surface area contributed by atoms with E-state index in [9.17, 15) is 0 Å². The van der Waals surface area contributed by atoms with Gasteiger partial charge >= 0.3 is 0 Å². The molecule has 3 heterocycles. The zero-order chi connectivity index (χ0) is 31.9. The molecule has 6 aromatic carbocycles. The van der Waals surface area contributed by atoms with E-state index in [1.165, 1.54) is 0 Å². The van der Waals surface area contributed by atoms with E-state index < -0.39 is 0 Å². The molecule has 0 fully saturated rings. The fourth-order valence-corrected chi connectivity index (χ4v) is 6.42. The SMILES string of the molecule is c1ccc(-c2cccc(-c3nc(-c4cccc(-c5ccc6ccc7ccc(-c8ccccc8)nc7c6n5)c4)c4ccccc4n3)c2)cc1. The number of pyridine rings is 2. The Morgan fingerprint density at radius 1 is 0.312 bits per heavy atom. The van der Waals surface area contributed by atoms with Crippen LogP contribution < -0.4 is 0 Å². The molecule has 224 valence electrons. The van der Waals surface area contributed by atoms with Crippen molar-refractivity contribution in [3.8, 4) is 56.3 Å². The lowest BCUT2D eigenvalue weighted by molar-refractivity contribution is 1.23. The Hall–Kier alpha value is -6.52. The largest absolute Gasteiger partial charge is 0.245 e. The molecule has 48 heavy (non-hydrogen) atoms. The van der Waals surface area contributed by atoms with Crippen LogP contribution in [0.2, 0.25) is 0 Å². The minimum absolute atomic E-state index is 0.697. The first-order valence-electron chi connectivity index (χ1n) is 16.1. The Balaban J connectivity index is 1.16. The molecular formula is C44H28N4. The van der Waals surface area contributed by atoms with Gasteiger partial charge in [-0.3, -0.25) is 0 Å². The molecule has 9 rings (SSSR count). The molecular weight excluding hydrogens is 585 g/mol. The molecule has 0 bridgehead atoms. The fraction of sp³-hybridized carbons (Fsp3) is 0. The lowest BCUT2D eigenvalue weighted by Crippen LogP contribution is -1.96. The third-order valence-electron chi connectivity index (χ3n) is 8.85. The number of benzene rings is 6. The Morgan fingerprint density at radius 2 is 0.833 bits per heavy atom. The number of aromatic nitrogens is 4. The predicted octanol–water partition coefficient (Wildman–Crippen LogP) is 11.1. The highest BCUT2D eigenvalue weighted by Crippen LogP contribution is 2.34. The highest BCUT2D eigenvalue weighted by Gasteiger charge is 2.14. The summed E-state index contributed by atoms with van der Waals surface area (Å²) in [6.45, 7) is 0. The maximum absolute atomic E-state index is 5.21. The first kappa shape index (κ1) is 27.8. The van der Waals surface area contributed by atoms with Crippen molar-refractivity contribution in [1.82, 2.24) is 19.9 Å². The molecule has 0 aliphatic carbocycles. The van der Waals surface area contributed by atoms with Gasteiger partial charge in [-0.2, -0.15) is 0 Å². The molecule has 0 radical (unpaired) electrons. The van der Waals surface area contributed by atoms with Gasteiger partial charge in [0.1, 0.15) is 0 Å². The van der Waals surface area contributed by atoms with Crippen LogP contribution in [0.4, 0.5) is 0 Å². The normalized spacial score (nSPS) is 11.3. The van der Waals surface area contributed by atoms with E-state index in [-0.39, 0.29) is 0 Å². The van der Waals surface area contributed by atoms with Crippen molar-refractivity contribution in [3.05, 3.63) is 170 Å². The second-order valence-electron chi connectivity index (χ2n) is 11.9. The van der Waals surface area contributed by atoms with Gasteiger partial charge in [0, 0.05) is 38.4 Å². The van der Waals surface area contributed by atoms with E-state index >= 15 is 0 Å². The average molecular weight is 613 g/mol. The van der Waals surface area contributed by atoms with Gasteiger partial charge in [0.15, 0.2) is 5.82 Å². The number of para-hydroxylation sites is 1. The Bertz CT molecular complexity index is 2610. The molecule has 0 spiro atoms. The summed E-state index contributed by atoms with van der Waals surface area (Å²) in [5, 5.41) is 3.13. The third-order valence-corrected chi connectivity index (χ3v) is 8.85. The maximum Gasteiger partial charge on any atom is 0.160 e. The number of nitrogens with zero attached hydrogens (tertiary/aromatic N) is 4. The van der Waals surface area contributed by atoms with Crippen LogP contribution in [0, 0.1) is 0 Å². The van der Waals surface area contributed by atoms with E-state index in [2.05, 4.69) is 133 Å². The first-order valence-corrected chi connectivity index (χ1v) is 16.1. The van der Waals surface area contributed by atoms with Gasteiger partial charge in [-0.15, -0.1) is 0 Å². The van der Waals surface area contributed by atoms with E-state index in [0.29, 0.717) is 5.82 Å². The molecule has 0 unspecified atom stereocenters. The van der Waals surface area contributed by atoms with Gasteiger partial charge < -0.3 is 0 Å². The summed E-state index contributed by atoms with van der Waals surface area (Å²) in [5.74, 6) is 0.697. The van der Waals surface area contributed by atoms with Crippen molar-refractivity contribution in [2.45, 2.75) is 0 Å². The van der Waals surface area contributed by atoms with Crippen LogP contribution in [-0.4, -0.2) is 19.9 Å². The summed E-state index contributed by atoms with van der Waals surface area (Å²) in [7, 11) is 0. The van der Waals surface area contributed by atoms with Crippen molar-refractivity contribution < 1.29 is 0 Å². The molecule has 9 aromatic rings. The fourth-order valence-electron chi connectivity index (χ4n) is 6.42. The molecule has 0 N–H and O–H groups in total. The average Bonchev–Trinajstić information content (AvgIpc) is 3.18. The minimum atomic E-state index is 0.697. The lowest BCUT2D eigenvalue weighted by atomic mass is 10.0. The van der Waals surface area contributed by atoms with Crippen molar-refractivity contribution in [2.75, 3.05) is 0 Å². The van der Waals surface area contributed by atoms with Gasteiger partial charge in [-0.25, -0.2) is 19.9 Å². The third kappa shape index (κ3) is 5.06. The topological polar surface area (TPSA) is 51.6 Å². The number of hydrogen-bond donors (Lipinski definition) is 0. The summed E-state index contributed by atoms with van der Waals surface area (Å²) >= 11 is 0. The standard InChI is InChI=1S/C44H28N4/c1-3-11-29(12-4-1)33-15-9-18-36(27-33)44-47-40-20-8-7-19-37(40)41(48-44)35-17-10-16-34(28-35)39-26-24-32-22-21-31-23-25-38(30-13-5-2-6-14-30)45-42(31)43(32)46-39/h1-28H. The highest BCUT2D eigenvalue weighted by atomic mass is 14.9. The molecule has 0 aliphatic rings. The summed E-state index contributed by atoms with van der Waals surface area (Å²) < 4.78 is 0. The summed E-state index contributed by atoms with van der Waals surface area (Å²) in [6.07, 6.45) is 0. The van der Waals surface area contributed by atoms with Crippen LogP contribution in [0.3, 0.4) is 0 Å². The molecule has 0 aliphatic heterocycles. The van der Waals surface area contributed by atoms with Crippen molar-refractivity contribution in [2.24, 2.45) is 0 Å². The number of rotatable bonds is 5. The number of fused-ring (bicyclic) bond motifs is 4. The predicted molar refractivity (Wildman–Crippen MR) is 197 cm³/mol. The minimum Gasteiger partial charge on any atom is -0.245 e. The Labute approximate surface area is 278 Å². The van der Waals surface area contributed by atoms with Crippen molar-refractivity contribution in [3.63, 3.8) is 0 Å². The van der Waals surface area contributed by atoms with Crippen LogP contribution in [0.25, 0.3) is 89.0 Å². The summed E-state index contributed by atoms with van der Waals surface area (Å²) in [6, 6.07) is 58.5. The van der Waals surface area contributed by atoms with Crippen LogP contribution in [0.1, 0.15) is 0 Å². The molecule has 0 saturated heterocycles. The molecule has 3 aromatic heterocycles. The summed E-state index contributed by atoms with van der Waals surface area (Å²) in [5.41, 5.74) is 11.8. The molecule has 0 atom stereocenters. The van der Waals surface area contributed by atoms with Gasteiger partial charge in [-0.05, 0) is 41.5 Å². The van der Waals surface area contributed by atoms with Gasteiger partial charge in [0.2, 0.25) is 0 Å². The van der Waals surface area contributed by atoms with Crippen molar-refractivity contribution in [1.29, 1.82) is 0 Å². The quantitative estimate of drug-likeness (QED) is 0.181.